The van der Waals surface area contributed by atoms with Gasteiger partial charge < -0.3 is 15.6 Å². The molecule has 1 saturated carbocycles. The van der Waals surface area contributed by atoms with E-state index in [0.29, 0.717) is 40.6 Å². The molecule has 0 unspecified atom stereocenters. The number of nitrogens with one attached hydrogen (secondary N) is 3. The van der Waals surface area contributed by atoms with Crippen LogP contribution in [0.25, 0.3) is 33.4 Å². The first-order valence-corrected chi connectivity index (χ1v) is 16.1. The number of nitrogens with zero attached hydrogens (tertiary/aromatic N) is 8. The second-order valence-electron chi connectivity index (χ2n) is 12.3. The molecule has 4 aromatic heterocycles. The Morgan fingerprint density at radius 1 is 0.980 bits per heavy atom. The van der Waals surface area contributed by atoms with E-state index in [-0.39, 0.29) is 23.8 Å². The number of carbonyl (C=O) groups is 1. The number of nitriles is 1. The van der Waals surface area contributed by atoms with Crippen LogP contribution in [0.5, 0.6) is 0 Å². The zero-order valence-electron chi connectivity index (χ0n) is 27.2. The van der Waals surface area contributed by atoms with Gasteiger partial charge in [0.25, 0.3) is 0 Å². The van der Waals surface area contributed by atoms with Crippen LogP contribution in [0.4, 0.5) is 16.6 Å². The first-order chi connectivity index (χ1) is 23.9. The summed E-state index contributed by atoms with van der Waals surface area (Å²) >= 11 is 0. The number of aromatic amines is 1. The molecular formula is C36H35N11O2. The summed E-state index contributed by atoms with van der Waals surface area (Å²) in [6.45, 7) is 0.409. The number of amides is 2. The standard InChI is InChI=1S/C36H35N11O2/c1-45-22-27(21-41-45)25-9-15-32(38-19-25)47(35(48)40-18-23-6-4-3-5-7-23)29-12-10-28(11-13-29)42-34-39-20-26(17-37)33(44-34)24-8-14-30-31(16-24)46(2)36(49)43-30/h3-9,14-16,19-22,28-29H,10-13,18H2,1-2H3,(H,40,48)(H,43,49)(H,39,42,44)/t28-,29-. The van der Waals surface area contributed by atoms with Crippen LogP contribution in [-0.2, 0) is 20.6 Å². The number of imidazole rings is 1. The van der Waals surface area contributed by atoms with Crippen LogP contribution >= 0.6 is 0 Å². The Balaban J connectivity index is 1.07. The van der Waals surface area contributed by atoms with Gasteiger partial charge in [-0.15, -0.1) is 0 Å². The third kappa shape index (κ3) is 6.62. The van der Waals surface area contributed by atoms with Crippen LogP contribution in [0.2, 0.25) is 0 Å². The molecule has 49 heavy (non-hydrogen) atoms. The average molecular weight is 654 g/mol. The Morgan fingerprint density at radius 3 is 2.49 bits per heavy atom. The molecule has 1 fully saturated rings. The van der Waals surface area contributed by atoms with Gasteiger partial charge in [-0.25, -0.2) is 24.5 Å². The number of hydrogen-bond acceptors (Lipinski definition) is 8. The number of benzene rings is 2. The van der Waals surface area contributed by atoms with E-state index in [1.807, 2.05) is 73.9 Å². The highest BCUT2D eigenvalue weighted by molar-refractivity contribution is 5.92. The van der Waals surface area contributed by atoms with E-state index in [1.165, 1.54) is 10.8 Å². The van der Waals surface area contributed by atoms with E-state index in [9.17, 15) is 14.9 Å². The maximum Gasteiger partial charge on any atom is 0.326 e. The lowest BCUT2D eigenvalue weighted by molar-refractivity contribution is 0.240. The van der Waals surface area contributed by atoms with E-state index in [4.69, 9.17) is 9.97 Å². The number of hydrogen-bond donors (Lipinski definition) is 3. The topological polar surface area (TPSA) is 162 Å². The van der Waals surface area contributed by atoms with Crippen molar-refractivity contribution in [2.75, 3.05) is 10.2 Å². The van der Waals surface area contributed by atoms with Crippen molar-refractivity contribution in [1.29, 1.82) is 5.26 Å². The first kappa shape index (κ1) is 31.3. The molecular weight excluding hydrogens is 618 g/mol. The summed E-state index contributed by atoms with van der Waals surface area (Å²) in [5.74, 6) is 1.01. The fourth-order valence-corrected chi connectivity index (χ4v) is 6.37. The van der Waals surface area contributed by atoms with E-state index in [2.05, 4.69) is 31.8 Å². The fourth-order valence-electron chi connectivity index (χ4n) is 6.37. The van der Waals surface area contributed by atoms with Gasteiger partial charge in [-0.1, -0.05) is 36.4 Å². The molecule has 0 atom stereocenters. The third-order valence-electron chi connectivity index (χ3n) is 9.02. The fraction of sp³-hybridized carbons (Fsp3) is 0.250. The number of fused-ring (bicyclic) bond motifs is 1. The van der Waals surface area contributed by atoms with Gasteiger partial charge >= 0.3 is 11.7 Å². The number of H-pyrrole nitrogens is 1. The van der Waals surface area contributed by atoms with Gasteiger partial charge in [0, 0.05) is 61.8 Å². The minimum absolute atomic E-state index is 0.0669. The number of anilines is 2. The monoisotopic (exact) mass is 653 g/mol. The molecule has 0 aliphatic heterocycles. The molecule has 2 aromatic carbocycles. The van der Waals surface area contributed by atoms with Crippen molar-refractivity contribution in [3.8, 4) is 28.5 Å². The van der Waals surface area contributed by atoms with Gasteiger partial charge in [0.2, 0.25) is 5.95 Å². The zero-order valence-corrected chi connectivity index (χ0v) is 27.2. The Bertz CT molecular complexity index is 2210. The van der Waals surface area contributed by atoms with Crippen LogP contribution in [0.1, 0.15) is 36.8 Å². The third-order valence-corrected chi connectivity index (χ3v) is 9.02. The van der Waals surface area contributed by atoms with E-state index in [0.717, 1.165) is 47.9 Å². The number of aromatic nitrogens is 7. The quantitative estimate of drug-likeness (QED) is 0.204. The molecule has 1 aliphatic rings. The van der Waals surface area contributed by atoms with Gasteiger partial charge in [0.05, 0.1) is 34.7 Å². The van der Waals surface area contributed by atoms with E-state index in [1.54, 1.807) is 29.0 Å². The summed E-state index contributed by atoms with van der Waals surface area (Å²) in [6.07, 6.45) is 10.1. The highest BCUT2D eigenvalue weighted by atomic mass is 16.2. The van der Waals surface area contributed by atoms with Gasteiger partial charge in [-0.3, -0.25) is 14.1 Å². The van der Waals surface area contributed by atoms with Crippen molar-refractivity contribution in [2.45, 2.75) is 44.3 Å². The van der Waals surface area contributed by atoms with Gasteiger partial charge in [0.1, 0.15) is 11.9 Å². The van der Waals surface area contributed by atoms with Gasteiger partial charge in [-0.2, -0.15) is 10.4 Å². The van der Waals surface area contributed by atoms with Crippen molar-refractivity contribution >= 4 is 28.8 Å². The Kier molecular flexibility index (Phi) is 8.59. The summed E-state index contributed by atoms with van der Waals surface area (Å²) in [5, 5.41) is 20.6. The summed E-state index contributed by atoms with van der Waals surface area (Å²) in [5.41, 5.74) is 5.66. The van der Waals surface area contributed by atoms with Crippen molar-refractivity contribution in [3.05, 3.63) is 107 Å². The van der Waals surface area contributed by atoms with Crippen molar-refractivity contribution in [3.63, 3.8) is 0 Å². The number of rotatable bonds is 8. The Hall–Kier alpha value is -6.29. The van der Waals surface area contributed by atoms with Crippen molar-refractivity contribution < 1.29 is 4.79 Å². The SMILES string of the molecule is Cn1cc(-c2ccc(N(C(=O)NCc3ccccc3)[C@H]3CC[C@H](Nc4ncc(C#N)c(-c5ccc6[nH]c(=O)n(C)c6c5)n4)CC3)nc2)cn1. The molecule has 7 rings (SSSR count). The number of carbonyl (C=O) groups excluding carboxylic acids is 1. The highest BCUT2D eigenvalue weighted by Gasteiger charge is 2.31. The largest absolute Gasteiger partial charge is 0.351 e. The molecule has 0 bridgehead atoms. The first-order valence-electron chi connectivity index (χ1n) is 16.1. The van der Waals surface area contributed by atoms with Crippen LogP contribution in [0.3, 0.4) is 0 Å². The lowest BCUT2D eigenvalue weighted by atomic mass is 9.90. The molecule has 6 aromatic rings. The average Bonchev–Trinajstić information content (AvgIpc) is 3.70. The number of pyridine rings is 1. The second kappa shape index (κ2) is 13.4. The highest BCUT2D eigenvalue weighted by Crippen LogP contribution is 2.31. The van der Waals surface area contributed by atoms with Crippen molar-refractivity contribution in [2.24, 2.45) is 14.1 Å². The molecule has 13 heteroatoms. The molecule has 3 N–H and O–H groups in total. The Morgan fingerprint density at radius 2 is 1.78 bits per heavy atom. The Labute approximate surface area is 282 Å². The normalized spacial score (nSPS) is 15.9. The van der Waals surface area contributed by atoms with E-state index < -0.39 is 0 Å². The maximum absolute atomic E-state index is 13.8. The molecule has 0 saturated heterocycles. The number of aryl methyl sites for hydroxylation is 2. The lowest BCUT2D eigenvalue weighted by Gasteiger charge is -2.36. The molecule has 246 valence electrons. The van der Waals surface area contributed by atoms with E-state index >= 15 is 0 Å². The van der Waals surface area contributed by atoms with Gasteiger partial charge in [0.15, 0.2) is 0 Å². The molecule has 2 amide bonds. The molecule has 0 radical (unpaired) electrons. The van der Waals surface area contributed by atoms with Gasteiger partial charge in [-0.05, 0) is 55.5 Å². The predicted octanol–water partition coefficient (Wildman–Crippen LogP) is 5.13. The summed E-state index contributed by atoms with van der Waals surface area (Å²) in [6, 6.07) is 21.2. The molecule has 4 heterocycles. The smallest absolute Gasteiger partial charge is 0.326 e. The lowest BCUT2D eigenvalue weighted by Crippen LogP contribution is -2.49. The minimum Gasteiger partial charge on any atom is -0.351 e. The van der Waals surface area contributed by atoms with Crippen LogP contribution in [-0.4, -0.2) is 52.4 Å². The van der Waals surface area contributed by atoms with Crippen LogP contribution < -0.4 is 21.2 Å². The summed E-state index contributed by atoms with van der Waals surface area (Å²) in [4.78, 5) is 44.4. The second-order valence-corrected chi connectivity index (χ2v) is 12.3. The maximum atomic E-state index is 13.8. The summed E-state index contributed by atoms with van der Waals surface area (Å²) in [7, 11) is 3.57. The predicted molar refractivity (Wildman–Crippen MR) is 187 cm³/mol. The zero-order chi connectivity index (χ0) is 33.9. The van der Waals surface area contributed by atoms with Crippen LogP contribution in [0, 0.1) is 11.3 Å². The molecule has 13 nitrogen and oxygen atoms in total. The van der Waals surface area contributed by atoms with Crippen LogP contribution in [0.15, 0.2) is 90.2 Å². The van der Waals surface area contributed by atoms with Crippen molar-refractivity contribution in [1.82, 2.24) is 39.6 Å². The molecule has 0 spiro atoms. The molecule has 1 aliphatic carbocycles. The number of urea groups is 1. The minimum atomic E-state index is -0.210. The summed E-state index contributed by atoms with van der Waals surface area (Å²) < 4.78 is 3.27.